The Kier molecular flexibility index (Phi) is 7.51. The Morgan fingerprint density at radius 2 is 1.70 bits per heavy atom. The molecule has 156 valence electrons. The molecule has 3 saturated carbocycles. The first-order chi connectivity index (χ1) is 12.9. The summed E-state index contributed by atoms with van der Waals surface area (Å²) >= 11 is 0. The topological polar surface area (TPSA) is 20.2 Å². The van der Waals surface area contributed by atoms with E-state index in [0.29, 0.717) is 5.92 Å². The van der Waals surface area contributed by atoms with Gasteiger partial charge in [-0.05, 0) is 94.8 Å². The molecule has 1 N–H and O–H groups in total. The zero-order valence-electron chi connectivity index (χ0n) is 18.7. The number of hydrogen-bond acceptors (Lipinski definition) is 1. The van der Waals surface area contributed by atoms with E-state index in [9.17, 15) is 5.11 Å². The molecule has 0 amide bonds. The maximum Gasteiger partial charge on any atom is 0.0653 e. The molecule has 0 bridgehead atoms. The smallest absolute Gasteiger partial charge is 0.0653 e. The molecule has 3 fully saturated rings. The van der Waals surface area contributed by atoms with Gasteiger partial charge in [0, 0.05) is 0 Å². The van der Waals surface area contributed by atoms with Gasteiger partial charge >= 0.3 is 0 Å². The molecule has 27 heavy (non-hydrogen) atoms. The molecule has 1 heteroatoms. The molecule has 0 aliphatic heterocycles. The van der Waals surface area contributed by atoms with Crippen LogP contribution in [-0.2, 0) is 0 Å². The Labute approximate surface area is 169 Å². The van der Waals surface area contributed by atoms with E-state index < -0.39 is 5.60 Å². The Morgan fingerprint density at radius 1 is 0.963 bits per heavy atom. The molecule has 6 unspecified atom stereocenters. The summed E-state index contributed by atoms with van der Waals surface area (Å²) in [5.74, 6) is 5.16. The fraction of sp³-hybridized carbons (Fsp3) is 0.923. The molecule has 0 heterocycles. The molecule has 1 nitrogen and oxygen atoms in total. The van der Waals surface area contributed by atoms with Crippen LogP contribution < -0.4 is 0 Å². The van der Waals surface area contributed by atoms with E-state index in [1.165, 1.54) is 76.2 Å². The van der Waals surface area contributed by atoms with Gasteiger partial charge in [0.05, 0.1) is 5.60 Å². The van der Waals surface area contributed by atoms with Gasteiger partial charge in [-0.2, -0.15) is 0 Å². The average Bonchev–Trinajstić information content (AvgIpc) is 3.01. The maximum atomic E-state index is 11.3. The SMILES string of the molecule is CC(C)=CCCC(C)(O)C1CC[C@@H](C)C1CCC1CCCC2CCCCC21. The minimum Gasteiger partial charge on any atom is -0.390 e. The normalized spacial score (nSPS) is 38.9. The second kappa shape index (κ2) is 9.47. The monoisotopic (exact) mass is 374 g/mol. The largest absolute Gasteiger partial charge is 0.390 e. The molecule has 0 aromatic rings. The van der Waals surface area contributed by atoms with E-state index in [0.717, 1.165) is 42.4 Å². The molecule has 0 aromatic carbocycles. The summed E-state index contributed by atoms with van der Waals surface area (Å²) in [6.45, 7) is 8.93. The minimum absolute atomic E-state index is 0.485. The van der Waals surface area contributed by atoms with Gasteiger partial charge in [-0.3, -0.25) is 0 Å². The number of fused-ring (bicyclic) bond motifs is 1. The van der Waals surface area contributed by atoms with Gasteiger partial charge in [-0.25, -0.2) is 0 Å². The first kappa shape index (κ1) is 21.4. The van der Waals surface area contributed by atoms with Crippen molar-refractivity contribution in [2.24, 2.45) is 35.5 Å². The highest BCUT2D eigenvalue weighted by Crippen LogP contribution is 2.50. The van der Waals surface area contributed by atoms with Crippen LogP contribution in [-0.4, -0.2) is 10.7 Å². The predicted molar refractivity (Wildman–Crippen MR) is 117 cm³/mol. The van der Waals surface area contributed by atoms with E-state index in [2.05, 4.69) is 33.8 Å². The summed E-state index contributed by atoms with van der Waals surface area (Å²) < 4.78 is 0. The van der Waals surface area contributed by atoms with Gasteiger partial charge in [0.2, 0.25) is 0 Å². The van der Waals surface area contributed by atoms with Crippen molar-refractivity contribution >= 4 is 0 Å². The van der Waals surface area contributed by atoms with Crippen LogP contribution in [0.15, 0.2) is 11.6 Å². The predicted octanol–water partition coefficient (Wildman–Crippen LogP) is 7.53. The molecular weight excluding hydrogens is 328 g/mol. The lowest BCUT2D eigenvalue weighted by Gasteiger charge is -2.43. The zero-order valence-corrected chi connectivity index (χ0v) is 18.7. The van der Waals surface area contributed by atoms with E-state index in [1.807, 2.05) is 0 Å². The van der Waals surface area contributed by atoms with E-state index in [-0.39, 0.29) is 0 Å². The van der Waals surface area contributed by atoms with Gasteiger partial charge in [0.1, 0.15) is 0 Å². The third kappa shape index (κ3) is 5.40. The van der Waals surface area contributed by atoms with Crippen molar-refractivity contribution in [3.8, 4) is 0 Å². The van der Waals surface area contributed by atoms with E-state index in [1.54, 1.807) is 0 Å². The van der Waals surface area contributed by atoms with Crippen molar-refractivity contribution in [2.45, 2.75) is 117 Å². The van der Waals surface area contributed by atoms with Crippen molar-refractivity contribution < 1.29 is 5.11 Å². The van der Waals surface area contributed by atoms with Crippen LogP contribution in [0.3, 0.4) is 0 Å². The van der Waals surface area contributed by atoms with Crippen LogP contribution in [0.25, 0.3) is 0 Å². The Balaban J connectivity index is 1.57. The highest BCUT2D eigenvalue weighted by molar-refractivity contribution is 4.98. The summed E-state index contributed by atoms with van der Waals surface area (Å²) in [4.78, 5) is 0. The summed E-state index contributed by atoms with van der Waals surface area (Å²) in [6.07, 6.45) is 20.1. The Hall–Kier alpha value is -0.300. The van der Waals surface area contributed by atoms with Crippen LogP contribution in [0.4, 0.5) is 0 Å². The third-order valence-corrected chi connectivity index (χ3v) is 8.78. The standard InChI is InChI=1S/C26H46O/c1-19(2)9-8-18-26(4,27)25-17-14-20(3)23(25)16-15-22-12-7-11-21-10-5-6-13-24(21)22/h9,20-25,27H,5-8,10-18H2,1-4H3/t20-,21?,22?,23?,24?,25?,26?/m1/s1. The molecular formula is C26H46O. The summed E-state index contributed by atoms with van der Waals surface area (Å²) in [5.41, 5.74) is 0.892. The van der Waals surface area contributed by atoms with Gasteiger partial charge in [0.15, 0.2) is 0 Å². The fourth-order valence-corrected chi connectivity index (χ4v) is 7.20. The second-order valence-corrected chi connectivity index (χ2v) is 11.0. The zero-order chi connectivity index (χ0) is 19.4. The van der Waals surface area contributed by atoms with Gasteiger partial charge < -0.3 is 5.11 Å². The molecule has 0 aromatic heterocycles. The van der Waals surface area contributed by atoms with Crippen LogP contribution in [0.2, 0.25) is 0 Å². The summed E-state index contributed by atoms with van der Waals surface area (Å²) in [6, 6.07) is 0. The average molecular weight is 375 g/mol. The van der Waals surface area contributed by atoms with Crippen molar-refractivity contribution in [1.29, 1.82) is 0 Å². The van der Waals surface area contributed by atoms with Crippen molar-refractivity contribution in [1.82, 2.24) is 0 Å². The van der Waals surface area contributed by atoms with Crippen LogP contribution in [0, 0.1) is 35.5 Å². The molecule has 3 aliphatic rings. The lowest BCUT2D eigenvalue weighted by Crippen LogP contribution is -2.38. The summed E-state index contributed by atoms with van der Waals surface area (Å²) in [7, 11) is 0. The number of aliphatic hydroxyl groups is 1. The van der Waals surface area contributed by atoms with Crippen molar-refractivity contribution in [2.75, 3.05) is 0 Å². The van der Waals surface area contributed by atoms with E-state index in [4.69, 9.17) is 0 Å². The molecule has 0 saturated heterocycles. The van der Waals surface area contributed by atoms with Gasteiger partial charge in [-0.15, -0.1) is 0 Å². The van der Waals surface area contributed by atoms with Crippen molar-refractivity contribution in [3.63, 3.8) is 0 Å². The van der Waals surface area contributed by atoms with Crippen LogP contribution in [0.5, 0.6) is 0 Å². The quantitative estimate of drug-likeness (QED) is 0.456. The fourth-order valence-electron chi connectivity index (χ4n) is 7.20. The first-order valence-electron chi connectivity index (χ1n) is 12.2. The lowest BCUT2D eigenvalue weighted by atomic mass is 9.63. The Bertz CT molecular complexity index is 484. The third-order valence-electron chi connectivity index (χ3n) is 8.78. The van der Waals surface area contributed by atoms with Crippen LogP contribution >= 0.6 is 0 Å². The molecule has 7 atom stereocenters. The molecule has 3 aliphatic carbocycles. The van der Waals surface area contributed by atoms with E-state index >= 15 is 0 Å². The van der Waals surface area contributed by atoms with Gasteiger partial charge in [-0.1, -0.05) is 63.5 Å². The summed E-state index contributed by atoms with van der Waals surface area (Å²) in [5, 5.41) is 11.3. The molecule has 3 rings (SSSR count). The highest BCUT2D eigenvalue weighted by atomic mass is 16.3. The molecule has 0 spiro atoms. The second-order valence-electron chi connectivity index (χ2n) is 11.0. The highest BCUT2D eigenvalue weighted by Gasteiger charge is 2.44. The van der Waals surface area contributed by atoms with Crippen molar-refractivity contribution in [3.05, 3.63) is 11.6 Å². The lowest BCUT2D eigenvalue weighted by molar-refractivity contribution is -0.0313. The molecule has 0 radical (unpaired) electrons. The number of hydrogen-bond donors (Lipinski definition) is 1. The van der Waals surface area contributed by atoms with Gasteiger partial charge in [0.25, 0.3) is 0 Å². The number of rotatable bonds is 7. The number of allylic oxidation sites excluding steroid dienone is 2. The van der Waals surface area contributed by atoms with Crippen LogP contribution in [0.1, 0.15) is 111 Å². The first-order valence-corrected chi connectivity index (χ1v) is 12.2. The minimum atomic E-state index is -0.485. The maximum absolute atomic E-state index is 11.3. The Morgan fingerprint density at radius 3 is 2.48 bits per heavy atom.